The summed E-state index contributed by atoms with van der Waals surface area (Å²) in [7, 11) is 0. The van der Waals surface area contributed by atoms with Crippen LogP contribution in [0.25, 0.3) is 0 Å². The van der Waals surface area contributed by atoms with Crippen molar-refractivity contribution in [2.24, 2.45) is 5.41 Å². The number of carbonyl (C=O) groups excluding carboxylic acids is 2. The summed E-state index contributed by atoms with van der Waals surface area (Å²) < 4.78 is 5.84. The van der Waals surface area contributed by atoms with Gasteiger partial charge in [0.2, 0.25) is 5.91 Å². The minimum absolute atomic E-state index is 0.126. The Morgan fingerprint density at radius 2 is 1.81 bits per heavy atom. The fourth-order valence-corrected chi connectivity index (χ4v) is 3.46. The molecule has 4 nitrogen and oxygen atoms in total. The van der Waals surface area contributed by atoms with Crippen LogP contribution in [0, 0.1) is 5.41 Å². The lowest BCUT2D eigenvalue weighted by Crippen LogP contribution is -2.35. The van der Waals surface area contributed by atoms with Crippen LogP contribution in [0.4, 0.5) is 0 Å². The zero-order chi connectivity index (χ0) is 19.2. The van der Waals surface area contributed by atoms with E-state index in [4.69, 9.17) is 4.74 Å². The minimum Gasteiger partial charge on any atom is -0.461 e. The highest BCUT2D eigenvalue weighted by Gasteiger charge is 2.30. The maximum atomic E-state index is 12.6. The average Bonchev–Trinajstić information content (AvgIpc) is 3.08. The van der Waals surface area contributed by atoms with Crippen molar-refractivity contribution in [3.05, 3.63) is 58.3 Å². The van der Waals surface area contributed by atoms with Crippen LogP contribution in [-0.2, 0) is 20.7 Å². The summed E-state index contributed by atoms with van der Waals surface area (Å²) in [6.07, 6.45) is 0.556. The molecule has 1 aromatic carbocycles. The number of nitrogens with one attached hydrogen (secondary N) is 1. The standard InChI is InChI=1S/C21H27NO3S/c1-15(23)22-17(18-11-8-12-26-18)14-20(24)25-19(21(2,3)4)13-16-9-6-5-7-10-16/h5-12,17,19H,13-14H2,1-4H3,(H,22,23). The van der Waals surface area contributed by atoms with Crippen LogP contribution < -0.4 is 5.32 Å². The fraction of sp³-hybridized carbons (Fsp3) is 0.429. The van der Waals surface area contributed by atoms with Gasteiger partial charge in [-0.25, -0.2) is 0 Å². The molecule has 140 valence electrons. The molecule has 0 saturated carbocycles. The molecule has 0 bridgehead atoms. The van der Waals surface area contributed by atoms with E-state index in [0.29, 0.717) is 6.42 Å². The molecule has 0 fully saturated rings. The quantitative estimate of drug-likeness (QED) is 0.726. The Hall–Kier alpha value is -2.14. The zero-order valence-corrected chi connectivity index (χ0v) is 16.6. The van der Waals surface area contributed by atoms with Crippen molar-refractivity contribution in [1.82, 2.24) is 5.32 Å². The van der Waals surface area contributed by atoms with Crippen molar-refractivity contribution in [2.45, 2.75) is 52.7 Å². The molecule has 1 N–H and O–H groups in total. The van der Waals surface area contributed by atoms with Crippen molar-refractivity contribution < 1.29 is 14.3 Å². The summed E-state index contributed by atoms with van der Waals surface area (Å²) in [5.41, 5.74) is 0.953. The summed E-state index contributed by atoms with van der Waals surface area (Å²) in [5, 5.41) is 4.78. The Kier molecular flexibility index (Phi) is 6.98. The van der Waals surface area contributed by atoms with Gasteiger partial charge < -0.3 is 10.1 Å². The Labute approximate surface area is 159 Å². The molecule has 0 saturated heterocycles. The molecule has 2 atom stereocenters. The second-order valence-corrected chi connectivity index (χ2v) is 8.49. The Morgan fingerprint density at radius 1 is 1.12 bits per heavy atom. The molecule has 0 aliphatic heterocycles. The highest BCUT2D eigenvalue weighted by molar-refractivity contribution is 7.10. The molecular weight excluding hydrogens is 346 g/mol. The zero-order valence-electron chi connectivity index (χ0n) is 15.8. The van der Waals surface area contributed by atoms with Gasteiger partial charge >= 0.3 is 5.97 Å². The van der Waals surface area contributed by atoms with Crippen molar-refractivity contribution in [1.29, 1.82) is 0 Å². The first-order valence-corrected chi connectivity index (χ1v) is 9.67. The summed E-state index contributed by atoms with van der Waals surface area (Å²) in [5.74, 6) is -0.458. The van der Waals surface area contributed by atoms with Gasteiger partial charge in [0.25, 0.3) is 0 Å². The number of esters is 1. The van der Waals surface area contributed by atoms with Crippen LogP contribution in [0.2, 0.25) is 0 Å². The van der Waals surface area contributed by atoms with Crippen LogP contribution >= 0.6 is 11.3 Å². The van der Waals surface area contributed by atoms with Crippen LogP contribution in [0.3, 0.4) is 0 Å². The molecule has 0 radical (unpaired) electrons. The van der Waals surface area contributed by atoms with Gasteiger partial charge in [-0.05, 0) is 22.4 Å². The minimum atomic E-state index is -0.350. The molecule has 26 heavy (non-hydrogen) atoms. The Morgan fingerprint density at radius 3 is 2.35 bits per heavy atom. The van der Waals surface area contributed by atoms with Gasteiger partial charge in [0, 0.05) is 18.2 Å². The van der Waals surface area contributed by atoms with Gasteiger partial charge in [0.1, 0.15) is 6.10 Å². The number of rotatable bonds is 7. The monoisotopic (exact) mass is 373 g/mol. The fourth-order valence-electron chi connectivity index (χ4n) is 2.68. The van der Waals surface area contributed by atoms with Crippen LogP contribution in [0.15, 0.2) is 47.8 Å². The predicted molar refractivity (Wildman–Crippen MR) is 105 cm³/mol. The average molecular weight is 374 g/mol. The summed E-state index contributed by atoms with van der Waals surface area (Å²) in [6, 6.07) is 13.5. The topological polar surface area (TPSA) is 55.4 Å². The molecule has 5 heteroatoms. The molecule has 2 rings (SSSR count). The van der Waals surface area contributed by atoms with Gasteiger partial charge in [-0.3, -0.25) is 9.59 Å². The summed E-state index contributed by atoms with van der Waals surface area (Å²) in [4.78, 5) is 25.1. The lowest BCUT2D eigenvalue weighted by atomic mass is 9.85. The van der Waals surface area contributed by atoms with Crippen molar-refractivity contribution in [2.75, 3.05) is 0 Å². The smallest absolute Gasteiger partial charge is 0.308 e. The van der Waals surface area contributed by atoms with Crippen LogP contribution in [0.1, 0.15) is 50.6 Å². The summed E-state index contributed by atoms with van der Waals surface area (Å²) in [6.45, 7) is 7.66. The second kappa shape index (κ2) is 8.99. The molecule has 0 aliphatic rings. The van der Waals surface area contributed by atoms with Crippen molar-refractivity contribution in [3.63, 3.8) is 0 Å². The Bertz CT molecular complexity index is 705. The van der Waals surface area contributed by atoms with Gasteiger partial charge in [0.15, 0.2) is 0 Å². The third-order valence-electron chi connectivity index (χ3n) is 4.14. The van der Waals surface area contributed by atoms with E-state index in [2.05, 4.69) is 26.1 Å². The molecule has 2 aromatic rings. The number of ether oxygens (including phenoxy) is 1. The van der Waals surface area contributed by atoms with Crippen molar-refractivity contribution in [3.8, 4) is 0 Å². The van der Waals surface area contributed by atoms with E-state index >= 15 is 0 Å². The molecule has 1 amide bonds. The maximum absolute atomic E-state index is 12.6. The molecule has 1 heterocycles. The van der Waals surface area contributed by atoms with Crippen LogP contribution in [-0.4, -0.2) is 18.0 Å². The molecule has 1 aromatic heterocycles. The first-order valence-electron chi connectivity index (χ1n) is 8.79. The van der Waals surface area contributed by atoms with Crippen LogP contribution in [0.5, 0.6) is 0 Å². The molecule has 0 aliphatic carbocycles. The van der Waals surface area contributed by atoms with E-state index < -0.39 is 0 Å². The van der Waals surface area contributed by atoms with Gasteiger partial charge in [-0.15, -0.1) is 11.3 Å². The first-order chi connectivity index (χ1) is 12.3. The van der Waals surface area contributed by atoms with E-state index in [1.54, 1.807) is 0 Å². The SMILES string of the molecule is CC(=O)NC(CC(=O)OC(Cc1ccccc1)C(C)(C)C)c1cccs1. The number of hydrogen-bond donors (Lipinski definition) is 1. The van der Waals surface area contributed by atoms with E-state index in [1.807, 2.05) is 47.8 Å². The van der Waals surface area contributed by atoms with Gasteiger partial charge in [-0.1, -0.05) is 57.2 Å². The third kappa shape index (κ3) is 6.30. The molecule has 0 spiro atoms. The molecule has 2 unspecified atom stereocenters. The van der Waals surface area contributed by atoms with Crippen molar-refractivity contribution >= 4 is 23.2 Å². The molecular formula is C21H27NO3S. The first kappa shape index (κ1) is 20.2. The second-order valence-electron chi connectivity index (χ2n) is 7.51. The number of benzene rings is 1. The normalized spacial score (nSPS) is 13.7. The van der Waals surface area contributed by atoms with Gasteiger partial charge in [0.05, 0.1) is 12.5 Å². The van der Waals surface area contributed by atoms with Gasteiger partial charge in [-0.2, -0.15) is 0 Å². The number of carbonyl (C=O) groups is 2. The summed E-state index contributed by atoms with van der Waals surface area (Å²) >= 11 is 1.52. The van der Waals surface area contributed by atoms with E-state index in [1.165, 1.54) is 18.3 Å². The number of thiophene rings is 1. The largest absolute Gasteiger partial charge is 0.461 e. The van der Waals surface area contributed by atoms with E-state index in [9.17, 15) is 9.59 Å². The van der Waals surface area contributed by atoms with E-state index in [0.717, 1.165) is 10.4 Å². The predicted octanol–water partition coefficient (Wildman–Crippen LogP) is 4.52. The number of amides is 1. The number of hydrogen-bond acceptors (Lipinski definition) is 4. The third-order valence-corrected chi connectivity index (χ3v) is 5.12. The highest BCUT2D eigenvalue weighted by atomic mass is 32.1. The Balaban J connectivity index is 2.06. The van der Waals surface area contributed by atoms with E-state index in [-0.39, 0.29) is 35.9 Å². The highest BCUT2D eigenvalue weighted by Crippen LogP contribution is 2.28. The lowest BCUT2D eigenvalue weighted by molar-refractivity contribution is -0.155. The lowest BCUT2D eigenvalue weighted by Gasteiger charge is -2.31. The maximum Gasteiger partial charge on any atom is 0.308 e.